The summed E-state index contributed by atoms with van der Waals surface area (Å²) in [5.41, 5.74) is 6.77. The van der Waals surface area contributed by atoms with Gasteiger partial charge in [0.15, 0.2) is 0 Å². The highest BCUT2D eigenvalue weighted by atomic mass is 32.1. The third-order valence-electron chi connectivity index (χ3n) is 7.39. The Morgan fingerprint density at radius 3 is 2.08 bits per heavy atom. The second kappa shape index (κ2) is 8.41. The van der Waals surface area contributed by atoms with Gasteiger partial charge in [0.25, 0.3) is 0 Å². The van der Waals surface area contributed by atoms with Crippen molar-refractivity contribution in [1.29, 1.82) is 0 Å². The van der Waals surface area contributed by atoms with Gasteiger partial charge in [0.2, 0.25) is 0 Å². The lowest BCUT2D eigenvalue weighted by Gasteiger charge is -2.11. The Labute approximate surface area is 224 Å². The van der Waals surface area contributed by atoms with Crippen LogP contribution in [-0.2, 0) is 0 Å². The number of rotatable bonds is 3. The zero-order valence-corrected chi connectivity index (χ0v) is 21.3. The normalized spacial score (nSPS) is 11.7. The molecule has 3 aromatic heterocycles. The van der Waals surface area contributed by atoms with E-state index < -0.39 is 0 Å². The van der Waals surface area contributed by atoms with Crippen molar-refractivity contribution in [3.8, 4) is 33.0 Å². The first-order chi connectivity index (χ1) is 18.8. The summed E-state index contributed by atoms with van der Waals surface area (Å²) in [5.74, 6) is 0. The maximum absolute atomic E-state index is 5.39. The van der Waals surface area contributed by atoms with E-state index in [1.165, 1.54) is 47.6 Å². The van der Waals surface area contributed by atoms with Crippen molar-refractivity contribution in [2.45, 2.75) is 0 Å². The van der Waals surface area contributed by atoms with Crippen molar-refractivity contribution in [3.05, 3.63) is 133 Å². The number of hydrogen-bond acceptors (Lipinski definition) is 2. The minimum Gasteiger partial charge on any atom is -0.231 e. The van der Waals surface area contributed by atoms with Gasteiger partial charge in [-0.2, -0.15) is 5.10 Å². The number of thiophene rings is 1. The molecular weight excluding hydrogens is 480 g/mol. The van der Waals surface area contributed by atoms with E-state index in [2.05, 4.69) is 138 Å². The van der Waals surface area contributed by atoms with Gasteiger partial charge in [-0.3, -0.25) is 0 Å². The highest BCUT2D eigenvalue weighted by Gasteiger charge is 2.22. The van der Waals surface area contributed by atoms with E-state index in [4.69, 9.17) is 5.10 Å². The molecule has 0 atom stereocenters. The van der Waals surface area contributed by atoms with E-state index >= 15 is 0 Å². The van der Waals surface area contributed by atoms with Gasteiger partial charge in [0.1, 0.15) is 5.69 Å². The minimum absolute atomic E-state index is 1.02. The second-order valence-electron chi connectivity index (χ2n) is 9.68. The highest BCUT2D eigenvalue weighted by Crippen LogP contribution is 2.44. The molecule has 0 spiro atoms. The molecule has 0 amide bonds. The van der Waals surface area contributed by atoms with Gasteiger partial charge in [0, 0.05) is 21.2 Å². The molecule has 0 saturated heterocycles. The molecule has 0 aliphatic rings. The van der Waals surface area contributed by atoms with Crippen molar-refractivity contribution in [1.82, 2.24) is 9.61 Å². The Kier molecular flexibility index (Phi) is 4.73. The molecule has 8 rings (SSSR count). The average Bonchev–Trinajstić information content (AvgIpc) is 3.59. The summed E-state index contributed by atoms with van der Waals surface area (Å²) < 4.78 is 3.44. The zero-order chi connectivity index (χ0) is 25.1. The molecule has 0 bridgehead atoms. The van der Waals surface area contributed by atoms with E-state index in [9.17, 15) is 0 Å². The number of hydrogen-bond donors (Lipinski definition) is 0. The molecule has 2 nitrogen and oxygen atoms in total. The molecule has 38 heavy (non-hydrogen) atoms. The molecule has 0 N–H and O–H groups in total. The lowest BCUT2D eigenvalue weighted by atomic mass is 9.97. The van der Waals surface area contributed by atoms with E-state index in [0.717, 1.165) is 22.5 Å². The predicted octanol–water partition coefficient (Wildman–Crippen LogP) is 9.86. The summed E-state index contributed by atoms with van der Waals surface area (Å²) in [7, 11) is 0. The Morgan fingerprint density at radius 1 is 0.526 bits per heavy atom. The van der Waals surface area contributed by atoms with Crippen molar-refractivity contribution >= 4 is 48.5 Å². The van der Waals surface area contributed by atoms with Crippen LogP contribution in [0.25, 0.3) is 70.1 Å². The van der Waals surface area contributed by atoms with E-state index in [0.29, 0.717) is 0 Å². The Bertz CT molecular complexity index is 2100. The smallest absolute Gasteiger partial charge is 0.111 e. The summed E-state index contributed by atoms with van der Waals surface area (Å²) in [6, 6.07) is 47.8. The fourth-order valence-electron chi connectivity index (χ4n) is 5.59. The number of pyridine rings is 1. The Hall–Kier alpha value is -4.73. The second-order valence-corrected chi connectivity index (χ2v) is 10.8. The third-order valence-corrected chi connectivity index (χ3v) is 8.51. The first kappa shape index (κ1) is 21.4. The first-order valence-corrected chi connectivity index (χ1v) is 13.6. The molecule has 0 unspecified atom stereocenters. The molecule has 0 aliphatic heterocycles. The SMILES string of the molecule is c1ccc(-c2cc3ccccc3c3c(-c4ccc5ccccc5c4)c(-c4cc5ccccc5s4)nn23)cc1. The van der Waals surface area contributed by atoms with Gasteiger partial charge < -0.3 is 0 Å². The van der Waals surface area contributed by atoms with Gasteiger partial charge in [0.05, 0.1) is 16.1 Å². The zero-order valence-electron chi connectivity index (χ0n) is 20.5. The molecule has 5 aromatic carbocycles. The average molecular weight is 503 g/mol. The maximum Gasteiger partial charge on any atom is 0.111 e. The lowest BCUT2D eigenvalue weighted by molar-refractivity contribution is 0.981. The summed E-state index contributed by atoms with van der Waals surface area (Å²) in [5, 5.41) is 11.5. The van der Waals surface area contributed by atoms with Gasteiger partial charge >= 0.3 is 0 Å². The molecule has 8 aromatic rings. The maximum atomic E-state index is 5.39. The molecule has 0 fully saturated rings. The number of fused-ring (bicyclic) bond motifs is 5. The fraction of sp³-hybridized carbons (Fsp3) is 0. The lowest BCUT2D eigenvalue weighted by Crippen LogP contribution is -1.95. The van der Waals surface area contributed by atoms with Crippen LogP contribution in [0, 0.1) is 0 Å². The standard InChI is InChI=1S/C35H22N2S/c1-2-11-24(12-3-1)30-21-26-14-6-8-16-29(26)35-33(28-19-18-23-10-4-5-13-25(23)20-28)34(36-37(30)35)32-22-27-15-7-9-17-31(27)38-32/h1-22H. The van der Waals surface area contributed by atoms with Crippen LogP contribution in [0.1, 0.15) is 0 Å². The minimum atomic E-state index is 1.02. The van der Waals surface area contributed by atoms with Crippen LogP contribution in [0.15, 0.2) is 133 Å². The van der Waals surface area contributed by atoms with Crippen LogP contribution >= 0.6 is 11.3 Å². The van der Waals surface area contributed by atoms with Crippen LogP contribution in [0.3, 0.4) is 0 Å². The third kappa shape index (κ3) is 3.29. The van der Waals surface area contributed by atoms with Crippen LogP contribution in [-0.4, -0.2) is 9.61 Å². The van der Waals surface area contributed by atoms with E-state index in [-0.39, 0.29) is 0 Å². The molecule has 3 heterocycles. The summed E-state index contributed by atoms with van der Waals surface area (Å²) in [6.45, 7) is 0. The molecular formula is C35H22N2S. The molecule has 3 heteroatoms. The van der Waals surface area contributed by atoms with Crippen LogP contribution in [0.2, 0.25) is 0 Å². The van der Waals surface area contributed by atoms with Crippen LogP contribution in [0.5, 0.6) is 0 Å². The van der Waals surface area contributed by atoms with Gasteiger partial charge in [-0.15, -0.1) is 11.3 Å². The number of benzene rings is 5. The predicted molar refractivity (Wildman–Crippen MR) is 162 cm³/mol. The summed E-state index contributed by atoms with van der Waals surface area (Å²) in [4.78, 5) is 1.18. The number of aromatic nitrogens is 2. The Balaban J connectivity index is 1.55. The van der Waals surface area contributed by atoms with Crippen molar-refractivity contribution in [2.24, 2.45) is 0 Å². The summed E-state index contributed by atoms with van der Waals surface area (Å²) in [6.07, 6.45) is 0. The van der Waals surface area contributed by atoms with E-state index in [1.54, 1.807) is 0 Å². The van der Waals surface area contributed by atoms with E-state index in [1.807, 2.05) is 11.3 Å². The summed E-state index contributed by atoms with van der Waals surface area (Å²) >= 11 is 1.81. The van der Waals surface area contributed by atoms with Crippen molar-refractivity contribution < 1.29 is 0 Å². The van der Waals surface area contributed by atoms with Gasteiger partial charge in [-0.1, -0.05) is 109 Å². The van der Waals surface area contributed by atoms with Crippen LogP contribution < -0.4 is 0 Å². The van der Waals surface area contributed by atoms with Crippen molar-refractivity contribution in [3.63, 3.8) is 0 Å². The monoisotopic (exact) mass is 502 g/mol. The first-order valence-electron chi connectivity index (χ1n) is 12.8. The molecule has 0 saturated carbocycles. The molecule has 0 radical (unpaired) electrons. The molecule has 0 aliphatic carbocycles. The molecule has 178 valence electrons. The van der Waals surface area contributed by atoms with Crippen LogP contribution in [0.4, 0.5) is 0 Å². The fourth-order valence-corrected chi connectivity index (χ4v) is 6.65. The highest BCUT2D eigenvalue weighted by molar-refractivity contribution is 7.22. The topological polar surface area (TPSA) is 17.3 Å². The number of nitrogens with zero attached hydrogens (tertiary/aromatic N) is 2. The Morgan fingerprint density at radius 2 is 1.24 bits per heavy atom. The van der Waals surface area contributed by atoms with Crippen molar-refractivity contribution in [2.75, 3.05) is 0 Å². The largest absolute Gasteiger partial charge is 0.231 e. The quantitative estimate of drug-likeness (QED) is 0.235. The van der Waals surface area contributed by atoms with Gasteiger partial charge in [-0.25, -0.2) is 4.52 Å². The van der Waals surface area contributed by atoms with Gasteiger partial charge in [-0.05, 0) is 51.4 Å².